The van der Waals surface area contributed by atoms with E-state index in [2.05, 4.69) is 20.3 Å². The average Bonchev–Trinajstić information content (AvgIpc) is 2.32. The second-order valence-electron chi connectivity index (χ2n) is 3.43. The molecule has 0 spiro atoms. The molecule has 0 amide bonds. The zero-order valence-electron chi connectivity index (χ0n) is 9.21. The molecule has 0 radical (unpaired) electrons. The van der Waals surface area contributed by atoms with Gasteiger partial charge in [0.25, 0.3) is 0 Å². The van der Waals surface area contributed by atoms with Crippen molar-refractivity contribution in [1.82, 2.24) is 15.0 Å². The molecule has 2 aromatic rings. The Morgan fingerprint density at radius 3 is 2.65 bits per heavy atom. The van der Waals surface area contributed by atoms with E-state index in [0.29, 0.717) is 11.5 Å². The number of aromatic nitrogens is 3. The summed E-state index contributed by atoms with van der Waals surface area (Å²) in [7, 11) is 0. The van der Waals surface area contributed by atoms with Crippen molar-refractivity contribution in [1.29, 1.82) is 0 Å². The number of nitrogens with zero attached hydrogens (tertiary/aromatic N) is 3. The van der Waals surface area contributed by atoms with Crippen molar-refractivity contribution >= 4 is 28.7 Å². The fourth-order valence-electron chi connectivity index (χ4n) is 1.29. The highest BCUT2D eigenvalue weighted by Crippen LogP contribution is 2.15. The maximum absolute atomic E-state index is 5.57. The molecule has 2 heterocycles. The van der Waals surface area contributed by atoms with Crippen molar-refractivity contribution in [2.45, 2.75) is 6.92 Å². The third kappa shape index (κ3) is 2.73. The van der Waals surface area contributed by atoms with Crippen molar-refractivity contribution in [3.8, 4) is 0 Å². The van der Waals surface area contributed by atoms with Crippen LogP contribution in [0.25, 0.3) is 0 Å². The zero-order chi connectivity index (χ0) is 12.3. The molecule has 0 bridgehead atoms. The van der Waals surface area contributed by atoms with E-state index in [9.17, 15) is 0 Å². The molecule has 6 heteroatoms. The molecular formula is C11H11N5S. The summed E-state index contributed by atoms with van der Waals surface area (Å²) in [5.41, 5.74) is 7.80. The molecule has 3 N–H and O–H groups in total. The summed E-state index contributed by atoms with van der Waals surface area (Å²) < 4.78 is 0. The van der Waals surface area contributed by atoms with E-state index in [1.165, 1.54) is 0 Å². The summed E-state index contributed by atoms with van der Waals surface area (Å²) in [5.74, 6) is 0.533. The van der Waals surface area contributed by atoms with Crippen LogP contribution >= 0.6 is 12.2 Å². The van der Waals surface area contributed by atoms with Gasteiger partial charge in [0.15, 0.2) is 5.82 Å². The third-order valence-corrected chi connectivity index (χ3v) is 2.30. The predicted octanol–water partition coefficient (Wildman–Crippen LogP) is 1.56. The normalized spacial score (nSPS) is 9.94. The first-order valence-corrected chi connectivity index (χ1v) is 5.38. The fourth-order valence-corrected chi connectivity index (χ4v) is 1.44. The Morgan fingerprint density at radius 2 is 2.00 bits per heavy atom. The molecule has 17 heavy (non-hydrogen) atoms. The SMILES string of the molecule is Cc1ccc(Nc2nccnc2C(N)=S)cn1. The molecule has 0 aliphatic carbocycles. The van der Waals surface area contributed by atoms with Gasteiger partial charge in [-0.1, -0.05) is 12.2 Å². The Kier molecular flexibility index (Phi) is 3.24. The van der Waals surface area contributed by atoms with Gasteiger partial charge in [0.1, 0.15) is 10.7 Å². The molecule has 2 aromatic heterocycles. The number of thiocarbonyl (C=S) groups is 1. The monoisotopic (exact) mass is 245 g/mol. The van der Waals surface area contributed by atoms with Crippen LogP contribution in [0.15, 0.2) is 30.7 Å². The molecular weight excluding hydrogens is 234 g/mol. The summed E-state index contributed by atoms with van der Waals surface area (Å²) in [4.78, 5) is 12.6. The number of nitrogens with two attached hydrogens (primary N) is 1. The molecule has 0 aromatic carbocycles. The second-order valence-corrected chi connectivity index (χ2v) is 3.87. The fraction of sp³-hybridized carbons (Fsp3) is 0.0909. The largest absolute Gasteiger partial charge is 0.388 e. The van der Waals surface area contributed by atoms with Crippen LogP contribution in [0.4, 0.5) is 11.5 Å². The highest BCUT2D eigenvalue weighted by molar-refractivity contribution is 7.80. The molecule has 0 atom stereocenters. The Hall–Kier alpha value is -2.08. The van der Waals surface area contributed by atoms with Gasteiger partial charge in [-0.2, -0.15) is 0 Å². The van der Waals surface area contributed by atoms with Gasteiger partial charge in [0, 0.05) is 18.1 Å². The van der Waals surface area contributed by atoms with Crippen molar-refractivity contribution in [3.05, 3.63) is 42.1 Å². The van der Waals surface area contributed by atoms with Gasteiger partial charge < -0.3 is 11.1 Å². The van der Waals surface area contributed by atoms with Crippen LogP contribution in [0.3, 0.4) is 0 Å². The minimum absolute atomic E-state index is 0.209. The van der Waals surface area contributed by atoms with Crippen LogP contribution in [0, 0.1) is 6.92 Å². The molecule has 2 rings (SSSR count). The van der Waals surface area contributed by atoms with E-state index < -0.39 is 0 Å². The quantitative estimate of drug-likeness (QED) is 0.799. The first-order chi connectivity index (χ1) is 8.16. The summed E-state index contributed by atoms with van der Waals surface area (Å²) in [5, 5.41) is 3.08. The molecule has 0 saturated heterocycles. The van der Waals surface area contributed by atoms with E-state index in [1.807, 2.05) is 19.1 Å². The highest BCUT2D eigenvalue weighted by Gasteiger charge is 2.07. The number of pyridine rings is 1. The van der Waals surface area contributed by atoms with Gasteiger partial charge in [0.05, 0.1) is 11.9 Å². The lowest BCUT2D eigenvalue weighted by Crippen LogP contribution is -2.14. The van der Waals surface area contributed by atoms with E-state index in [-0.39, 0.29) is 4.99 Å². The molecule has 0 aliphatic heterocycles. The topological polar surface area (TPSA) is 76.7 Å². The van der Waals surface area contributed by atoms with Gasteiger partial charge >= 0.3 is 0 Å². The minimum Gasteiger partial charge on any atom is -0.388 e. The van der Waals surface area contributed by atoms with E-state index in [4.69, 9.17) is 18.0 Å². The number of nitrogens with one attached hydrogen (secondary N) is 1. The van der Waals surface area contributed by atoms with Crippen LogP contribution in [-0.4, -0.2) is 19.9 Å². The van der Waals surface area contributed by atoms with Crippen molar-refractivity contribution in [3.63, 3.8) is 0 Å². The Labute approximate surface area is 104 Å². The molecule has 0 fully saturated rings. The minimum atomic E-state index is 0.209. The van der Waals surface area contributed by atoms with Crippen molar-refractivity contribution in [2.24, 2.45) is 5.73 Å². The molecule has 0 unspecified atom stereocenters. The maximum Gasteiger partial charge on any atom is 0.159 e. The lowest BCUT2D eigenvalue weighted by Gasteiger charge is -2.08. The lowest BCUT2D eigenvalue weighted by atomic mass is 10.3. The number of hydrogen-bond donors (Lipinski definition) is 2. The van der Waals surface area contributed by atoms with Gasteiger partial charge in [-0.3, -0.25) is 4.98 Å². The number of rotatable bonds is 3. The van der Waals surface area contributed by atoms with E-state index in [1.54, 1.807) is 18.6 Å². The first kappa shape index (κ1) is 11.4. The summed E-state index contributed by atoms with van der Waals surface area (Å²) in [6.07, 6.45) is 4.84. The molecule has 0 aliphatic rings. The van der Waals surface area contributed by atoms with Gasteiger partial charge in [-0.25, -0.2) is 9.97 Å². The standard InChI is InChI=1S/C11H11N5S/c1-7-2-3-8(6-15-7)16-11-9(10(12)17)13-4-5-14-11/h2-6H,1H3,(H2,12,17)(H,14,16). The Bertz CT molecular complexity index is 538. The number of hydrogen-bond acceptors (Lipinski definition) is 5. The second kappa shape index (κ2) is 4.84. The number of aryl methyl sites for hydroxylation is 1. The summed E-state index contributed by atoms with van der Waals surface area (Å²) in [6, 6.07) is 3.81. The molecule has 0 saturated carbocycles. The Balaban J connectivity index is 2.30. The molecule has 5 nitrogen and oxygen atoms in total. The lowest BCUT2D eigenvalue weighted by molar-refractivity contribution is 1.16. The maximum atomic E-state index is 5.57. The summed E-state index contributed by atoms with van der Waals surface area (Å²) in [6.45, 7) is 1.92. The Morgan fingerprint density at radius 1 is 1.24 bits per heavy atom. The van der Waals surface area contributed by atoms with Crippen LogP contribution in [0.1, 0.15) is 11.4 Å². The van der Waals surface area contributed by atoms with Crippen molar-refractivity contribution in [2.75, 3.05) is 5.32 Å². The first-order valence-electron chi connectivity index (χ1n) is 4.97. The van der Waals surface area contributed by atoms with E-state index >= 15 is 0 Å². The highest BCUT2D eigenvalue weighted by atomic mass is 32.1. The molecule has 86 valence electrons. The smallest absolute Gasteiger partial charge is 0.159 e. The van der Waals surface area contributed by atoms with Crippen LogP contribution in [0.5, 0.6) is 0 Å². The van der Waals surface area contributed by atoms with Gasteiger partial charge in [-0.15, -0.1) is 0 Å². The van der Waals surface area contributed by atoms with E-state index in [0.717, 1.165) is 11.4 Å². The predicted molar refractivity (Wildman–Crippen MR) is 70.2 cm³/mol. The number of anilines is 2. The van der Waals surface area contributed by atoms with Crippen molar-refractivity contribution < 1.29 is 0 Å². The van der Waals surface area contributed by atoms with Crippen LogP contribution in [-0.2, 0) is 0 Å². The average molecular weight is 245 g/mol. The van der Waals surface area contributed by atoms with Crippen LogP contribution in [0.2, 0.25) is 0 Å². The van der Waals surface area contributed by atoms with Gasteiger partial charge in [0.2, 0.25) is 0 Å². The third-order valence-electron chi connectivity index (χ3n) is 2.11. The summed E-state index contributed by atoms with van der Waals surface area (Å²) >= 11 is 4.91. The zero-order valence-corrected chi connectivity index (χ0v) is 10.0. The van der Waals surface area contributed by atoms with Gasteiger partial charge in [-0.05, 0) is 19.1 Å². The van der Waals surface area contributed by atoms with Crippen LogP contribution < -0.4 is 11.1 Å².